The molecule has 3 rings (SSSR count). The summed E-state index contributed by atoms with van der Waals surface area (Å²) in [5, 5.41) is 0. The molecule has 0 fully saturated rings. The average Bonchev–Trinajstić information content (AvgIpc) is 2.66. The largest absolute Gasteiger partial charge is 0.493 e. The molecular weight excluding hydrogens is 310 g/mol. The minimum atomic E-state index is -0.0240. The summed E-state index contributed by atoms with van der Waals surface area (Å²) in [5.74, 6) is 0.661. The lowest BCUT2D eigenvalue weighted by molar-refractivity contribution is 0.309. The van der Waals surface area contributed by atoms with Gasteiger partial charge in [0.1, 0.15) is 5.75 Å². The fraction of sp³-hybridized carbons (Fsp3) is 0.227. The van der Waals surface area contributed by atoms with Crippen LogP contribution in [0.5, 0.6) is 5.75 Å². The zero-order chi connectivity index (χ0) is 17.5. The van der Waals surface area contributed by atoms with Crippen molar-refractivity contribution in [1.82, 2.24) is 4.57 Å². The van der Waals surface area contributed by atoms with E-state index in [0.717, 1.165) is 24.0 Å². The van der Waals surface area contributed by atoms with Gasteiger partial charge < -0.3 is 9.30 Å². The molecule has 2 aromatic carbocycles. The molecule has 3 nitrogen and oxygen atoms in total. The Balaban J connectivity index is 2.01. The molecule has 0 radical (unpaired) electrons. The Morgan fingerprint density at radius 2 is 1.60 bits per heavy atom. The van der Waals surface area contributed by atoms with E-state index in [1.807, 2.05) is 72.9 Å². The van der Waals surface area contributed by atoms with Crippen molar-refractivity contribution < 1.29 is 4.74 Å². The van der Waals surface area contributed by atoms with Crippen molar-refractivity contribution in [3.05, 3.63) is 88.8 Å². The third kappa shape index (κ3) is 4.18. The predicted octanol–water partition coefficient (Wildman–Crippen LogP) is 4.74. The molecule has 1 aromatic heterocycles. The highest BCUT2D eigenvalue weighted by Gasteiger charge is 2.13. The van der Waals surface area contributed by atoms with Crippen molar-refractivity contribution >= 4 is 0 Å². The molecule has 3 heteroatoms. The highest BCUT2D eigenvalue weighted by Crippen LogP contribution is 2.26. The Labute approximate surface area is 148 Å². The highest BCUT2D eigenvalue weighted by atomic mass is 16.5. The van der Waals surface area contributed by atoms with E-state index in [-0.39, 0.29) is 5.56 Å². The number of benzene rings is 2. The van der Waals surface area contributed by atoms with Gasteiger partial charge in [-0.2, -0.15) is 0 Å². The van der Waals surface area contributed by atoms with Crippen molar-refractivity contribution in [2.45, 2.75) is 26.3 Å². The van der Waals surface area contributed by atoms with Crippen molar-refractivity contribution in [3.63, 3.8) is 0 Å². The molecule has 0 spiro atoms. The number of rotatable bonds is 7. The predicted molar refractivity (Wildman–Crippen MR) is 102 cm³/mol. The number of hydrogen-bond donors (Lipinski definition) is 0. The van der Waals surface area contributed by atoms with Crippen LogP contribution in [0.25, 0.3) is 11.1 Å². The van der Waals surface area contributed by atoms with Crippen molar-refractivity contribution in [1.29, 1.82) is 0 Å². The molecule has 0 saturated heterocycles. The third-order valence-electron chi connectivity index (χ3n) is 4.14. The normalized spacial score (nSPS) is 10.6. The average molecular weight is 333 g/mol. The van der Waals surface area contributed by atoms with E-state index in [2.05, 4.69) is 6.92 Å². The SMILES string of the molecule is CCCCOc1ccn(Cc2ccccc2)c(=O)c1-c1ccccc1. The summed E-state index contributed by atoms with van der Waals surface area (Å²) in [6, 6.07) is 21.7. The van der Waals surface area contributed by atoms with E-state index in [9.17, 15) is 4.79 Å². The minimum absolute atomic E-state index is 0.0240. The Morgan fingerprint density at radius 3 is 2.28 bits per heavy atom. The fourth-order valence-electron chi connectivity index (χ4n) is 2.78. The molecule has 1 heterocycles. The van der Waals surface area contributed by atoms with E-state index in [1.54, 1.807) is 4.57 Å². The van der Waals surface area contributed by atoms with Gasteiger partial charge in [-0.1, -0.05) is 74.0 Å². The first-order valence-electron chi connectivity index (χ1n) is 8.75. The van der Waals surface area contributed by atoms with Crippen molar-refractivity contribution in [3.8, 4) is 16.9 Å². The molecule has 0 aliphatic carbocycles. The van der Waals surface area contributed by atoms with Crippen LogP contribution in [-0.2, 0) is 6.54 Å². The molecule has 0 N–H and O–H groups in total. The van der Waals surface area contributed by atoms with E-state index >= 15 is 0 Å². The van der Waals surface area contributed by atoms with Crippen LogP contribution in [0.2, 0.25) is 0 Å². The summed E-state index contributed by atoms with van der Waals surface area (Å²) in [5.41, 5.74) is 2.60. The summed E-state index contributed by atoms with van der Waals surface area (Å²) in [7, 11) is 0. The van der Waals surface area contributed by atoms with Gasteiger partial charge in [-0.15, -0.1) is 0 Å². The fourth-order valence-corrected chi connectivity index (χ4v) is 2.78. The molecule has 0 aliphatic heterocycles. The van der Waals surface area contributed by atoms with Gasteiger partial charge >= 0.3 is 0 Å². The lowest BCUT2D eigenvalue weighted by Crippen LogP contribution is -2.22. The number of pyridine rings is 1. The second-order valence-corrected chi connectivity index (χ2v) is 6.04. The van der Waals surface area contributed by atoms with Crippen LogP contribution in [0.15, 0.2) is 77.7 Å². The van der Waals surface area contributed by atoms with Gasteiger partial charge in [-0.25, -0.2) is 0 Å². The van der Waals surface area contributed by atoms with Crippen LogP contribution >= 0.6 is 0 Å². The third-order valence-corrected chi connectivity index (χ3v) is 4.14. The first kappa shape index (κ1) is 17.0. The Morgan fingerprint density at radius 1 is 0.920 bits per heavy atom. The maximum absolute atomic E-state index is 13.1. The van der Waals surface area contributed by atoms with Crippen molar-refractivity contribution in [2.24, 2.45) is 0 Å². The molecule has 0 amide bonds. The Bertz CT molecular complexity index is 854. The number of ether oxygens (including phenoxy) is 1. The first-order valence-corrected chi connectivity index (χ1v) is 8.75. The van der Waals surface area contributed by atoms with Crippen LogP contribution in [-0.4, -0.2) is 11.2 Å². The van der Waals surface area contributed by atoms with Crippen LogP contribution in [0.1, 0.15) is 25.3 Å². The molecule has 0 aliphatic rings. The van der Waals surface area contributed by atoms with Crippen molar-refractivity contribution in [2.75, 3.05) is 6.61 Å². The smallest absolute Gasteiger partial charge is 0.262 e. The lowest BCUT2D eigenvalue weighted by atomic mass is 10.1. The second-order valence-electron chi connectivity index (χ2n) is 6.04. The van der Waals surface area contributed by atoms with Crippen LogP contribution < -0.4 is 10.3 Å². The lowest BCUT2D eigenvalue weighted by Gasteiger charge is -2.14. The van der Waals surface area contributed by atoms with Gasteiger partial charge in [0.2, 0.25) is 0 Å². The second kappa shape index (κ2) is 8.34. The first-order chi connectivity index (χ1) is 12.3. The van der Waals surface area contributed by atoms with Gasteiger partial charge in [0, 0.05) is 6.20 Å². The summed E-state index contributed by atoms with van der Waals surface area (Å²) in [4.78, 5) is 13.1. The summed E-state index contributed by atoms with van der Waals surface area (Å²) in [6.45, 7) is 3.30. The molecule has 0 bridgehead atoms. The quantitative estimate of drug-likeness (QED) is 0.585. The minimum Gasteiger partial charge on any atom is -0.493 e. The van der Waals surface area contributed by atoms with Gasteiger partial charge in [0.15, 0.2) is 0 Å². The molecule has 3 aromatic rings. The molecular formula is C22H23NO2. The monoisotopic (exact) mass is 333 g/mol. The Hall–Kier alpha value is -2.81. The molecule has 0 unspecified atom stereocenters. The zero-order valence-electron chi connectivity index (χ0n) is 14.5. The summed E-state index contributed by atoms with van der Waals surface area (Å²) >= 11 is 0. The van der Waals surface area contributed by atoms with E-state index in [0.29, 0.717) is 24.5 Å². The maximum Gasteiger partial charge on any atom is 0.262 e. The van der Waals surface area contributed by atoms with E-state index < -0.39 is 0 Å². The number of aromatic nitrogens is 1. The van der Waals surface area contributed by atoms with Gasteiger partial charge in [0.05, 0.1) is 18.7 Å². The van der Waals surface area contributed by atoms with Crippen LogP contribution in [0.4, 0.5) is 0 Å². The summed E-state index contributed by atoms with van der Waals surface area (Å²) < 4.78 is 7.65. The Kier molecular flexibility index (Phi) is 5.68. The van der Waals surface area contributed by atoms with Gasteiger partial charge in [-0.05, 0) is 23.6 Å². The molecule has 0 atom stereocenters. The number of nitrogens with zero attached hydrogens (tertiary/aromatic N) is 1. The zero-order valence-corrected chi connectivity index (χ0v) is 14.5. The summed E-state index contributed by atoms with van der Waals surface area (Å²) in [6.07, 6.45) is 3.86. The van der Waals surface area contributed by atoms with E-state index in [1.165, 1.54) is 0 Å². The number of hydrogen-bond acceptors (Lipinski definition) is 2. The molecule has 0 saturated carbocycles. The van der Waals surface area contributed by atoms with Crippen LogP contribution in [0, 0.1) is 0 Å². The number of unbranched alkanes of at least 4 members (excludes halogenated alkanes) is 1. The van der Waals surface area contributed by atoms with Gasteiger partial charge in [-0.3, -0.25) is 4.79 Å². The van der Waals surface area contributed by atoms with Gasteiger partial charge in [0.25, 0.3) is 5.56 Å². The molecule has 25 heavy (non-hydrogen) atoms. The topological polar surface area (TPSA) is 31.2 Å². The standard InChI is InChI=1S/C22H23NO2/c1-2-3-16-25-20-14-15-23(17-18-10-6-4-7-11-18)22(24)21(20)19-12-8-5-9-13-19/h4-15H,2-3,16-17H2,1H3. The maximum atomic E-state index is 13.1. The highest BCUT2D eigenvalue weighted by molar-refractivity contribution is 5.69. The molecule has 128 valence electrons. The van der Waals surface area contributed by atoms with E-state index in [4.69, 9.17) is 4.74 Å². The van der Waals surface area contributed by atoms with Crippen LogP contribution in [0.3, 0.4) is 0 Å².